The van der Waals surface area contributed by atoms with E-state index in [-0.39, 0.29) is 29.6 Å². The highest BCUT2D eigenvalue weighted by Gasteiger charge is 2.43. The molecule has 0 bridgehead atoms. The summed E-state index contributed by atoms with van der Waals surface area (Å²) in [6, 6.07) is 15.7. The van der Waals surface area contributed by atoms with Crippen LogP contribution in [0.15, 0.2) is 59.4 Å². The molecular weight excluding hydrogens is 477 g/mol. The van der Waals surface area contributed by atoms with Crippen molar-refractivity contribution in [3.8, 4) is 0 Å². The number of imidazole rings is 1. The predicted octanol–water partition coefficient (Wildman–Crippen LogP) is 3.29. The van der Waals surface area contributed by atoms with Gasteiger partial charge in [0.25, 0.3) is 0 Å². The quantitative estimate of drug-likeness (QED) is 0.445. The highest BCUT2D eigenvalue weighted by Crippen LogP contribution is 2.36. The summed E-state index contributed by atoms with van der Waals surface area (Å²) < 4.78 is 24.9. The van der Waals surface area contributed by atoms with Gasteiger partial charge in [0.2, 0.25) is 0 Å². The highest BCUT2D eigenvalue weighted by atomic mass is 19.1. The number of likely N-dealkylation sites (tertiary alicyclic amines) is 1. The summed E-state index contributed by atoms with van der Waals surface area (Å²) in [6.45, 7) is 2.58. The number of H-pyrrole nitrogens is 1. The van der Waals surface area contributed by atoms with Crippen LogP contribution >= 0.6 is 0 Å². The van der Waals surface area contributed by atoms with Crippen LogP contribution in [0.1, 0.15) is 46.6 Å². The molecule has 1 N–H and O–H groups in total. The van der Waals surface area contributed by atoms with Gasteiger partial charge >= 0.3 is 17.6 Å². The topological polar surface area (TPSA) is 93.6 Å². The van der Waals surface area contributed by atoms with Gasteiger partial charge in [-0.3, -0.25) is 14.3 Å². The number of benzene rings is 2. The van der Waals surface area contributed by atoms with Gasteiger partial charge in [0.15, 0.2) is 0 Å². The van der Waals surface area contributed by atoms with Gasteiger partial charge in [0, 0.05) is 13.0 Å². The zero-order valence-electron chi connectivity index (χ0n) is 21.2. The molecule has 0 amide bonds. The number of ether oxygens (including phenoxy) is 2. The van der Waals surface area contributed by atoms with Crippen LogP contribution in [0.2, 0.25) is 0 Å². The van der Waals surface area contributed by atoms with Crippen molar-refractivity contribution < 1.29 is 23.5 Å². The molecule has 0 radical (unpaired) electrons. The summed E-state index contributed by atoms with van der Waals surface area (Å²) in [5.74, 6) is -1.18. The molecule has 1 saturated heterocycles. The minimum absolute atomic E-state index is 0.112. The summed E-state index contributed by atoms with van der Waals surface area (Å²) in [5, 5.41) is 0. The second kappa shape index (κ2) is 11.6. The van der Waals surface area contributed by atoms with Crippen molar-refractivity contribution in [3.05, 3.63) is 93.4 Å². The molecule has 1 aliphatic rings. The van der Waals surface area contributed by atoms with Gasteiger partial charge in [-0.2, -0.15) is 0 Å². The molecule has 1 aliphatic heterocycles. The van der Waals surface area contributed by atoms with E-state index in [0.29, 0.717) is 31.5 Å². The number of methoxy groups -OCH3 is 2. The molecule has 2 heterocycles. The zero-order chi connectivity index (χ0) is 26.4. The summed E-state index contributed by atoms with van der Waals surface area (Å²) in [4.78, 5) is 42.7. The van der Waals surface area contributed by atoms with E-state index < -0.39 is 11.4 Å². The van der Waals surface area contributed by atoms with Crippen LogP contribution in [-0.4, -0.2) is 60.2 Å². The van der Waals surface area contributed by atoms with Gasteiger partial charge in [-0.1, -0.05) is 42.5 Å². The van der Waals surface area contributed by atoms with Crippen LogP contribution in [-0.2, 0) is 32.6 Å². The number of hydrogen-bond acceptors (Lipinski definition) is 6. The minimum Gasteiger partial charge on any atom is -0.468 e. The number of aromatic amines is 1. The fourth-order valence-corrected chi connectivity index (χ4v) is 5.16. The Morgan fingerprint density at radius 1 is 0.973 bits per heavy atom. The number of aromatic nitrogens is 2. The van der Waals surface area contributed by atoms with Crippen molar-refractivity contribution in [2.45, 2.75) is 37.6 Å². The molecule has 0 spiro atoms. The molecule has 9 heteroatoms. The first-order chi connectivity index (χ1) is 17.9. The molecule has 0 aliphatic carbocycles. The van der Waals surface area contributed by atoms with E-state index in [1.807, 2.05) is 30.3 Å². The number of esters is 2. The predicted molar refractivity (Wildman–Crippen MR) is 136 cm³/mol. The normalized spacial score (nSPS) is 15.3. The molecule has 3 aromatic rings. The van der Waals surface area contributed by atoms with Gasteiger partial charge < -0.3 is 14.4 Å². The van der Waals surface area contributed by atoms with Crippen LogP contribution < -0.4 is 5.69 Å². The molecule has 8 nitrogen and oxygen atoms in total. The lowest BCUT2D eigenvalue weighted by Crippen LogP contribution is -2.48. The highest BCUT2D eigenvalue weighted by molar-refractivity contribution is 5.88. The van der Waals surface area contributed by atoms with Crippen molar-refractivity contribution in [1.82, 2.24) is 14.5 Å². The lowest BCUT2D eigenvalue weighted by atomic mass is 9.72. The molecule has 0 atom stereocenters. The Balaban J connectivity index is 1.44. The average Bonchev–Trinajstić information content (AvgIpc) is 3.24. The van der Waals surface area contributed by atoms with Crippen molar-refractivity contribution in [2.24, 2.45) is 0 Å². The number of nitrogens with zero attached hydrogens (tertiary/aromatic N) is 2. The number of nitrogens with one attached hydrogen (secondary N) is 1. The lowest BCUT2D eigenvalue weighted by molar-refractivity contribution is -0.149. The van der Waals surface area contributed by atoms with Crippen molar-refractivity contribution in [3.63, 3.8) is 0 Å². The van der Waals surface area contributed by atoms with E-state index in [1.165, 1.54) is 26.4 Å². The third kappa shape index (κ3) is 5.67. The lowest BCUT2D eigenvalue weighted by Gasteiger charge is -2.40. The fraction of sp³-hybridized carbons (Fsp3) is 0.393. The molecule has 2 aromatic carbocycles. The Morgan fingerprint density at radius 3 is 2.27 bits per heavy atom. The molecule has 0 saturated carbocycles. The first kappa shape index (κ1) is 26.3. The minimum atomic E-state index is -0.651. The van der Waals surface area contributed by atoms with Crippen LogP contribution in [0.3, 0.4) is 0 Å². The molecular formula is C28H32FN3O5. The van der Waals surface area contributed by atoms with Gasteiger partial charge in [-0.15, -0.1) is 0 Å². The van der Waals surface area contributed by atoms with Gasteiger partial charge in [-0.05, 0) is 62.2 Å². The SMILES string of the molecule is COC(=O)c1[nH]c(=O)n(CCCN2CCC(C(=O)OC)(c3ccccc3)CC2)c1Cc1ccc(F)cc1. The average molecular weight is 510 g/mol. The second-order valence-corrected chi connectivity index (χ2v) is 9.33. The Morgan fingerprint density at radius 2 is 1.65 bits per heavy atom. The van der Waals surface area contributed by atoms with Gasteiger partial charge in [-0.25, -0.2) is 14.0 Å². The fourth-order valence-electron chi connectivity index (χ4n) is 5.16. The summed E-state index contributed by atoms with van der Waals surface area (Å²) >= 11 is 0. The summed E-state index contributed by atoms with van der Waals surface area (Å²) in [6.07, 6.45) is 2.25. The van der Waals surface area contributed by atoms with Crippen LogP contribution in [0.25, 0.3) is 0 Å². The maximum atomic E-state index is 13.4. The van der Waals surface area contributed by atoms with E-state index in [9.17, 15) is 18.8 Å². The van der Waals surface area contributed by atoms with Gasteiger partial charge in [0.1, 0.15) is 11.5 Å². The van der Waals surface area contributed by atoms with Crippen LogP contribution in [0.4, 0.5) is 4.39 Å². The van der Waals surface area contributed by atoms with E-state index in [0.717, 1.165) is 30.8 Å². The Labute approximate surface area is 215 Å². The molecule has 196 valence electrons. The van der Waals surface area contributed by atoms with Crippen LogP contribution in [0.5, 0.6) is 0 Å². The van der Waals surface area contributed by atoms with E-state index in [1.54, 1.807) is 16.7 Å². The molecule has 1 aromatic heterocycles. The largest absolute Gasteiger partial charge is 0.468 e. The third-order valence-electron chi connectivity index (χ3n) is 7.23. The summed E-state index contributed by atoms with van der Waals surface area (Å²) in [7, 11) is 2.69. The Hall–Kier alpha value is -3.72. The Kier molecular flexibility index (Phi) is 8.23. The number of piperidine rings is 1. The first-order valence-corrected chi connectivity index (χ1v) is 12.4. The standard InChI is InChI=1S/C28H32FN3O5/c1-36-25(33)24-23(19-20-9-11-22(29)12-10-20)32(27(35)30-24)16-6-15-31-17-13-28(14-18-31,26(34)37-2)21-7-4-3-5-8-21/h3-5,7-12H,6,13-19H2,1-2H3,(H,30,35). The van der Waals surface area contributed by atoms with E-state index >= 15 is 0 Å². The molecule has 0 unspecified atom stereocenters. The monoisotopic (exact) mass is 509 g/mol. The van der Waals surface area contributed by atoms with Crippen LogP contribution in [0, 0.1) is 5.82 Å². The van der Waals surface area contributed by atoms with E-state index in [2.05, 4.69) is 9.88 Å². The Bertz CT molecular complexity index is 1280. The first-order valence-electron chi connectivity index (χ1n) is 12.4. The van der Waals surface area contributed by atoms with Crippen molar-refractivity contribution >= 4 is 11.9 Å². The molecule has 1 fully saturated rings. The zero-order valence-corrected chi connectivity index (χ0v) is 21.2. The molecule has 4 rings (SSSR count). The number of carbonyl (C=O) groups is 2. The smallest absolute Gasteiger partial charge is 0.356 e. The third-order valence-corrected chi connectivity index (χ3v) is 7.23. The van der Waals surface area contributed by atoms with Crippen molar-refractivity contribution in [2.75, 3.05) is 33.9 Å². The van der Waals surface area contributed by atoms with E-state index in [4.69, 9.17) is 9.47 Å². The number of halogens is 1. The number of rotatable bonds is 9. The van der Waals surface area contributed by atoms with Crippen molar-refractivity contribution in [1.29, 1.82) is 0 Å². The number of hydrogen-bond donors (Lipinski definition) is 1. The second-order valence-electron chi connectivity index (χ2n) is 9.33. The van der Waals surface area contributed by atoms with Gasteiger partial charge in [0.05, 0.1) is 25.3 Å². The number of carbonyl (C=O) groups excluding carboxylic acids is 2. The maximum absolute atomic E-state index is 13.4. The summed E-state index contributed by atoms with van der Waals surface area (Å²) in [5.41, 5.74) is 1.33. The maximum Gasteiger partial charge on any atom is 0.356 e. The molecule has 37 heavy (non-hydrogen) atoms.